The van der Waals surface area contributed by atoms with Crippen molar-refractivity contribution >= 4 is 0 Å². The lowest BCUT2D eigenvalue weighted by Crippen LogP contribution is -2.11. The minimum absolute atomic E-state index is 0.205. The Morgan fingerprint density at radius 1 is 1.10 bits per heavy atom. The average Bonchev–Trinajstić information content (AvgIpc) is 2.49. The van der Waals surface area contributed by atoms with Gasteiger partial charge in [0.2, 0.25) is 0 Å². The Morgan fingerprint density at radius 3 is 2.33 bits per heavy atom. The van der Waals surface area contributed by atoms with Crippen molar-refractivity contribution < 1.29 is 17.9 Å². The first-order valence-corrected chi connectivity index (χ1v) is 7.46. The Bertz CT molecular complexity index is 434. The van der Waals surface area contributed by atoms with Crippen LogP contribution in [-0.4, -0.2) is 13.3 Å². The monoisotopic (exact) mass is 298 g/mol. The summed E-state index contributed by atoms with van der Waals surface area (Å²) < 4.78 is 40.6. The molecule has 2 rings (SSSR count). The first kappa shape index (κ1) is 15.9. The summed E-state index contributed by atoms with van der Waals surface area (Å²) >= 11 is 0. The van der Waals surface area contributed by atoms with E-state index < -0.39 is 6.61 Å². The van der Waals surface area contributed by atoms with E-state index in [1.807, 2.05) is 18.2 Å². The summed E-state index contributed by atoms with van der Waals surface area (Å²) in [5, 5.41) is 0. The first-order chi connectivity index (χ1) is 10.2. The van der Waals surface area contributed by atoms with E-state index >= 15 is 0 Å². The maximum atomic E-state index is 12.1. The van der Waals surface area contributed by atoms with E-state index in [1.165, 1.54) is 5.56 Å². The summed E-state index contributed by atoms with van der Waals surface area (Å²) in [5.74, 6) is 1.24. The highest BCUT2D eigenvalue weighted by Gasteiger charge is 2.20. The van der Waals surface area contributed by atoms with Crippen LogP contribution in [0.1, 0.15) is 43.6 Å². The lowest BCUT2D eigenvalue weighted by molar-refractivity contribution is -0.0498. The molecule has 0 amide bonds. The quantitative estimate of drug-likeness (QED) is 0.632. The molecule has 116 valence electrons. The highest BCUT2D eigenvalue weighted by atomic mass is 19.3. The normalized spacial score (nSPS) is 22.9. The maximum Gasteiger partial charge on any atom is 0.387 e. The van der Waals surface area contributed by atoms with Crippen LogP contribution >= 0.6 is 0 Å². The van der Waals surface area contributed by atoms with Crippen molar-refractivity contribution in [2.24, 2.45) is 5.92 Å². The topological polar surface area (TPSA) is 9.23 Å². The van der Waals surface area contributed by atoms with Crippen molar-refractivity contribution in [3.63, 3.8) is 0 Å². The molecule has 0 bridgehead atoms. The van der Waals surface area contributed by atoms with Crippen molar-refractivity contribution in [1.82, 2.24) is 0 Å². The smallest absolute Gasteiger partial charge is 0.387 e. The van der Waals surface area contributed by atoms with Crippen LogP contribution in [0.25, 0.3) is 0 Å². The summed E-state index contributed by atoms with van der Waals surface area (Å²) in [4.78, 5) is 0. The van der Waals surface area contributed by atoms with Crippen molar-refractivity contribution in [2.45, 2.75) is 44.6 Å². The third-order valence-electron chi connectivity index (χ3n) is 4.03. The molecule has 0 atom stereocenters. The van der Waals surface area contributed by atoms with Gasteiger partial charge in [0.05, 0.1) is 6.67 Å². The summed E-state index contributed by atoms with van der Waals surface area (Å²) in [6.07, 6.45) is 8.94. The number of hydrogen-bond donors (Lipinski definition) is 0. The zero-order chi connectivity index (χ0) is 15.1. The van der Waals surface area contributed by atoms with Gasteiger partial charge in [-0.25, -0.2) is 0 Å². The van der Waals surface area contributed by atoms with Gasteiger partial charge in [-0.15, -0.1) is 0 Å². The summed E-state index contributed by atoms with van der Waals surface area (Å²) in [7, 11) is 0. The van der Waals surface area contributed by atoms with E-state index in [0.29, 0.717) is 18.3 Å². The van der Waals surface area contributed by atoms with Gasteiger partial charge in [0.15, 0.2) is 0 Å². The molecular weight excluding hydrogens is 277 g/mol. The maximum absolute atomic E-state index is 12.1. The molecule has 0 heterocycles. The molecule has 1 aromatic rings. The molecule has 1 aliphatic rings. The molecule has 0 aromatic heterocycles. The summed E-state index contributed by atoms with van der Waals surface area (Å²) in [5.41, 5.74) is 1.18. The van der Waals surface area contributed by atoms with Crippen LogP contribution < -0.4 is 4.74 Å². The Hall–Kier alpha value is -1.45. The van der Waals surface area contributed by atoms with Crippen molar-refractivity contribution in [2.75, 3.05) is 6.67 Å². The third kappa shape index (κ3) is 5.10. The van der Waals surface area contributed by atoms with E-state index in [2.05, 4.69) is 10.8 Å². The van der Waals surface area contributed by atoms with Gasteiger partial charge in [-0.1, -0.05) is 24.3 Å². The van der Waals surface area contributed by atoms with Crippen molar-refractivity contribution in [3.8, 4) is 5.75 Å². The van der Waals surface area contributed by atoms with Crippen LogP contribution in [-0.2, 0) is 0 Å². The van der Waals surface area contributed by atoms with Gasteiger partial charge in [-0.3, -0.25) is 4.39 Å². The Kier molecular flexibility index (Phi) is 6.15. The molecule has 0 aliphatic heterocycles. The highest BCUT2D eigenvalue weighted by Crippen LogP contribution is 2.36. The second-order valence-corrected chi connectivity index (χ2v) is 5.47. The molecule has 0 unspecified atom stereocenters. The van der Waals surface area contributed by atoms with Crippen LogP contribution in [0.15, 0.2) is 36.4 Å². The fourth-order valence-corrected chi connectivity index (χ4v) is 2.92. The van der Waals surface area contributed by atoms with E-state index in [-0.39, 0.29) is 12.4 Å². The van der Waals surface area contributed by atoms with Gasteiger partial charge in [-0.05, 0) is 61.6 Å². The number of hydrogen-bond acceptors (Lipinski definition) is 1. The van der Waals surface area contributed by atoms with Gasteiger partial charge in [0.1, 0.15) is 5.75 Å². The zero-order valence-electron chi connectivity index (χ0n) is 12.0. The molecule has 0 saturated heterocycles. The number of benzene rings is 1. The fraction of sp³-hybridized carbons (Fsp3) is 0.529. The average molecular weight is 298 g/mol. The predicted molar refractivity (Wildman–Crippen MR) is 77.5 cm³/mol. The zero-order valence-corrected chi connectivity index (χ0v) is 12.0. The van der Waals surface area contributed by atoms with Crippen LogP contribution in [0.3, 0.4) is 0 Å². The van der Waals surface area contributed by atoms with Crippen molar-refractivity contribution in [1.29, 1.82) is 0 Å². The van der Waals surface area contributed by atoms with E-state index in [4.69, 9.17) is 0 Å². The predicted octanol–water partition coefficient (Wildman–Crippen LogP) is 5.48. The van der Waals surface area contributed by atoms with E-state index in [0.717, 1.165) is 25.7 Å². The van der Waals surface area contributed by atoms with Crippen LogP contribution in [0, 0.1) is 5.92 Å². The largest absolute Gasteiger partial charge is 0.435 e. The molecule has 1 aromatic carbocycles. The fourth-order valence-electron chi connectivity index (χ4n) is 2.92. The molecular formula is C17H21F3O. The van der Waals surface area contributed by atoms with E-state index in [9.17, 15) is 13.2 Å². The Balaban J connectivity index is 1.84. The molecule has 1 aliphatic carbocycles. The van der Waals surface area contributed by atoms with Crippen LogP contribution in [0.2, 0.25) is 0 Å². The van der Waals surface area contributed by atoms with Gasteiger partial charge < -0.3 is 4.74 Å². The first-order valence-electron chi connectivity index (χ1n) is 7.46. The molecule has 0 N–H and O–H groups in total. The molecule has 1 fully saturated rings. The third-order valence-corrected chi connectivity index (χ3v) is 4.03. The Morgan fingerprint density at radius 2 is 1.76 bits per heavy atom. The Labute approximate surface area is 123 Å². The lowest BCUT2D eigenvalue weighted by atomic mass is 9.78. The van der Waals surface area contributed by atoms with Gasteiger partial charge in [0.25, 0.3) is 0 Å². The number of ether oxygens (including phenoxy) is 1. The minimum Gasteiger partial charge on any atom is -0.435 e. The van der Waals surface area contributed by atoms with Crippen LogP contribution in [0.5, 0.6) is 5.75 Å². The second-order valence-electron chi connectivity index (χ2n) is 5.47. The standard InChI is InChI=1S/C17H21F3O/c18-12-2-1-3-13-4-6-14(7-5-13)15-8-10-16(11-9-15)21-17(19)20/h1,3,8-11,13-14,17H,2,4-7,12H2/t13-,14-. The molecule has 0 spiro atoms. The van der Waals surface area contributed by atoms with E-state index in [1.54, 1.807) is 12.1 Å². The van der Waals surface area contributed by atoms with Gasteiger partial charge in [0, 0.05) is 0 Å². The molecule has 4 heteroatoms. The number of alkyl halides is 3. The minimum atomic E-state index is -2.78. The summed E-state index contributed by atoms with van der Waals surface area (Å²) in [6, 6.07) is 6.97. The SMILES string of the molecule is FCCC=C[C@H]1CC[C@H](c2ccc(OC(F)F)cc2)CC1. The lowest BCUT2D eigenvalue weighted by Gasteiger charge is -2.27. The second kappa shape index (κ2) is 8.11. The highest BCUT2D eigenvalue weighted by molar-refractivity contribution is 5.29. The molecule has 1 nitrogen and oxygen atoms in total. The van der Waals surface area contributed by atoms with Crippen molar-refractivity contribution in [3.05, 3.63) is 42.0 Å². The molecule has 1 saturated carbocycles. The molecule has 0 radical (unpaired) electrons. The van der Waals surface area contributed by atoms with Crippen LogP contribution in [0.4, 0.5) is 13.2 Å². The van der Waals surface area contributed by atoms with Gasteiger partial charge >= 0.3 is 6.61 Å². The number of allylic oxidation sites excluding steroid dienone is 2. The number of rotatable bonds is 6. The molecule has 21 heavy (non-hydrogen) atoms. The van der Waals surface area contributed by atoms with Gasteiger partial charge in [-0.2, -0.15) is 8.78 Å². The number of halogens is 3. The summed E-state index contributed by atoms with van der Waals surface area (Å²) in [6.45, 7) is -3.07.